The average Bonchev–Trinajstić information content (AvgIpc) is 3.26. The minimum atomic E-state index is -0.0158. The van der Waals surface area contributed by atoms with Gasteiger partial charge in [0.1, 0.15) is 0 Å². The first-order valence-corrected chi connectivity index (χ1v) is 7.35. The third kappa shape index (κ3) is 4.53. The molecule has 0 heterocycles. The van der Waals surface area contributed by atoms with E-state index in [9.17, 15) is 4.79 Å². The minimum absolute atomic E-state index is 0.0158. The van der Waals surface area contributed by atoms with E-state index in [0.29, 0.717) is 12.1 Å². The van der Waals surface area contributed by atoms with Crippen molar-refractivity contribution >= 4 is 11.6 Å². The van der Waals surface area contributed by atoms with E-state index in [1.165, 1.54) is 12.8 Å². The summed E-state index contributed by atoms with van der Waals surface area (Å²) in [6.07, 6.45) is 3.50. The fourth-order valence-electron chi connectivity index (χ4n) is 2.10. The van der Waals surface area contributed by atoms with Crippen LogP contribution >= 0.6 is 0 Å². The van der Waals surface area contributed by atoms with Crippen LogP contribution in [0.25, 0.3) is 0 Å². The van der Waals surface area contributed by atoms with E-state index in [1.54, 1.807) is 0 Å². The minimum Gasteiger partial charge on any atom is -0.388 e. The molecular weight excluding hydrogens is 252 g/mol. The normalized spacial score (nSPS) is 14.1. The summed E-state index contributed by atoms with van der Waals surface area (Å²) in [5, 5.41) is 6.02. The van der Waals surface area contributed by atoms with E-state index >= 15 is 0 Å². The molecule has 0 bridgehead atoms. The summed E-state index contributed by atoms with van der Waals surface area (Å²) in [6, 6.07) is 5.69. The number of benzene rings is 1. The smallest absolute Gasteiger partial charge is 0.251 e. The molecule has 0 spiro atoms. The molecule has 0 saturated heterocycles. The van der Waals surface area contributed by atoms with E-state index in [1.807, 2.05) is 32.2 Å². The molecule has 2 N–H and O–H groups in total. The lowest BCUT2D eigenvalue weighted by Gasteiger charge is -2.09. The molecule has 110 valence electrons. The Hall–Kier alpha value is -1.55. The molecule has 1 aromatic carbocycles. The molecule has 4 nitrogen and oxygen atoms in total. The Morgan fingerprint density at radius 1 is 1.40 bits per heavy atom. The molecule has 1 aromatic rings. The molecule has 1 saturated carbocycles. The highest BCUT2D eigenvalue weighted by molar-refractivity contribution is 5.94. The highest BCUT2D eigenvalue weighted by atomic mass is 16.5. The van der Waals surface area contributed by atoms with Gasteiger partial charge < -0.3 is 15.4 Å². The van der Waals surface area contributed by atoms with E-state index < -0.39 is 0 Å². The van der Waals surface area contributed by atoms with Gasteiger partial charge in [0.25, 0.3) is 5.91 Å². The van der Waals surface area contributed by atoms with Crippen molar-refractivity contribution < 1.29 is 9.53 Å². The van der Waals surface area contributed by atoms with Crippen molar-refractivity contribution in [2.45, 2.75) is 26.2 Å². The molecular formula is C16H24N2O2. The number of amides is 1. The van der Waals surface area contributed by atoms with Gasteiger partial charge >= 0.3 is 0 Å². The Balaban J connectivity index is 1.66. The first-order valence-electron chi connectivity index (χ1n) is 7.35. The first-order chi connectivity index (χ1) is 9.70. The molecule has 1 fully saturated rings. The molecule has 1 amide bonds. The molecule has 2 rings (SSSR count). The maximum Gasteiger partial charge on any atom is 0.251 e. The van der Waals surface area contributed by atoms with Crippen molar-refractivity contribution in [2.24, 2.45) is 5.92 Å². The van der Waals surface area contributed by atoms with Crippen LogP contribution in [0.15, 0.2) is 18.2 Å². The predicted octanol–water partition coefficient (Wildman–Crippen LogP) is 2.58. The lowest BCUT2D eigenvalue weighted by molar-refractivity contribution is 0.0937. The number of carbonyl (C=O) groups is 1. The van der Waals surface area contributed by atoms with Crippen LogP contribution in [0.1, 0.15) is 35.2 Å². The zero-order valence-electron chi connectivity index (χ0n) is 12.4. The van der Waals surface area contributed by atoms with E-state index in [2.05, 4.69) is 10.6 Å². The number of hydrogen-bond donors (Lipinski definition) is 2. The number of carbonyl (C=O) groups excluding carboxylic acids is 1. The highest BCUT2D eigenvalue weighted by Crippen LogP contribution is 2.28. The molecule has 0 aromatic heterocycles. The van der Waals surface area contributed by atoms with E-state index in [4.69, 9.17) is 4.74 Å². The number of ether oxygens (including phenoxy) is 1. The quantitative estimate of drug-likeness (QED) is 0.718. The number of anilines is 1. The van der Waals surface area contributed by atoms with E-state index in [0.717, 1.165) is 36.8 Å². The molecule has 1 aliphatic rings. The number of nitrogens with one attached hydrogen (secondary N) is 2. The summed E-state index contributed by atoms with van der Waals surface area (Å²) in [5.74, 6) is 0.788. The lowest BCUT2D eigenvalue weighted by Crippen LogP contribution is -2.25. The fourth-order valence-corrected chi connectivity index (χ4v) is 2.10. The van der Waals surface area contributed by atoms with Crippen molar-refractivity contribution in [3.63, 3.8) is 0 Å². The summed E-state index contributed by atoms with van der Waals surface area (Å²) in [6.45, 7) is 4.28. The zero-order chi connectivity index (χ0) is 14.4. The highest BCUT2D eigenvalue weighted by Gasteiger charge is 2.20. The number of rotatable bonds is 8. The van der Waals surface area contributed by atoms with Crippen molar-refractivity contribution in [3.8, 4) is 0 Å². The largest absolute Gasteiger partial charge is 0.388 e. The third-order valence-corrected chi connectivity index (χ3v) is 3.56. The van der Waals surface area contributed by atoms with Crippen LogP contribution in [-0.4, -0.2) is 32.7 Å². The first kappa shape index (κ1) is 14.9. The maximum atomic E-state index is 12.0. The Kier molecular flexibility index (Phi) is 5.41. The van der Waals surface area contributed by atoms with Gasteiger partial charge in [-0.15, -0.1) is 0 Å². The summed E-state index contributed by atoms with van der Waals surface area (Å²) in [4.78, 5) is 12.0. The van der Waals surface area contributed by atoms with Gasteiger partial charge in [0.05, 0.1) is 0 Å². The summed E-state index contributed by atoms with van der Waals surface area (Å²) >= 11 is 0. The number of aryl methyl sites for hydroxylation is 1. The SMILES string of the molecule is CNc1ccc(C(=O)NCCCOCC2CC2)cc1C. The Labute approximate surface area is 120 Å². The average molecular weight is 276 g/mol. The van der Waals surface area contributed by atoms with Gasteiger partial charge in [-0.1, -0.05) is 0 Å². The van der Waals surface area contributed by atoms with Crippen LogP contribution in [-0.2, 0) is 4.74 Å². The van der Waals surface area contributed by atoms with Crippen molar-refractivity contribution in [1.82, 2.24) is 5.32 Å². The molecule has 1 aliphatic carbocycles. The van der Waals surface area contributed by atoms with Gasteiger partial charge in [0.2, 0.25) is 0 Å². The molecule has 0 aliphatic heterocycles. The van der Waals surface area contributed by atoms with Gasteiger partial charge in [-0.2, -0.15) is 0 Å². The van der Waals surface area contributed by atoms with Crippen molar-refractivity contribution in [2.75, 3.05) is 32.1 Å². The van der Waals surface area contributed by atoms with E-state index in [-0.39, 0.29) is 5.91 Å². The molecule has 0 atom stereocenters. The Bertz CT molecular complexity index is 456. The van der Waals surface area contributed by atoms with Gasteiger partial charge in [-0.05, 0) is 55.9 Å². The Morgan fingerprint density at radius 3 is 2.85 bits per heavy atom. The van der Waals surface area contributed by atoms with Gasteiger partial charge in [-0.25, -0.2) is 0 Å². The molecule has 0 radical (unpaired) electrons. The van der Waals surface area contributed by atoms with Crippen LogP contribution in [0.3, 0.4) is 0 Å². The molecule has 0 unspecified atom stereocenters. The monoisotopic (exact) mass is 276 g/mol. The van der Waals surface area contributed by atoms with Crippen LogP contribution in [0, 0.1) is 12.8 Å². The fraction of sp³-hybridized carbons (Fsp3) is 0.562. The van der Waals surface area contributed by atoms with Crippen LogP contribution in [0.5, 0.6) is 0 Å². The van der Waals surface area contributed by atoms with Crippen molar-refractivity contribution in [3.05, 3.63) is 29.3 Å². The Morgan fingerprint density at radius 2 is 2.20 bits per heavy atom. The van der Waals surface area contributed by atoms with Gasteiger partial charge in [-0.3, -0.25) is 4.79 Å². The second-order valence-corrected chi connectivity index (χ2v) is 5.41. The van der Waals surface area contributed by atoms with Gasteiger partial charge in [0.15, 0.2) is 0 Å². The summed E-state index contributed by atoms with van der Waals surface area (Å²) in [7, 11) is 1.88. The second-order valence-electron chi connectivity index (χ2n) is 5.41. The molecule has 4 heteroatoms. The number of hydrogen-bond acceptors (Lipinski definition) is 3. The lowest BCUT2D eigenvalue weighted by atomic mass is 10.1. The van der Waals surface area contributed by atoms with Gasteiger partial charge in [0, 0.05) is 38.1 Å². The summed E-state index contributed by atoms with van der Waals surface area (Å²) in [5.41, 5.74) is 2.84. The van der Waals surface area contributed by atoms with Crippen LogP contribution in [0.4, 0.5) is 5.69 Å². The van der Waals surface area contributed by atoms with Crippen LogP contribution in [0.2, 0.25) is 0 Å². The molecule has 20 heavy (non-hydrogen) atoms. The second kappa shape index (κ2) is 7.29. The topological polar surface area (TPSA) is 50.4 Å². The zero-order valence-corrected chi connectivity index (χ0v) is 12.4. The summed E-state index contributed by atoms with van der Waals surface area (Å²) < 4.78 is 5.53. The third-order valence-electron chi connectivity index (χ3n) is 3.56. The van der Waals surface area contributed by atoms with Crippen LogP contribution < -0.4 is 10.6 Å². The predicted molar refractivity (Wildman–Crippen MR) is 81.2 cm³/mol. The van der Waals surface area contributed by atoms with Crippen molar-refractivity contribution in [1.29, 1.82) is 0 Å². The maximum absolute atomic E-state index is 12.0. The standard InChI is InChI=1S/C16H24N2O2/c1-12-10-14(6-7-15(12)17-2)16(19)18-8-3-9-20-11-13-4-5-13/h6-7,10,13,17H,3-5,8-9,11H2,1-2H3,(H,18,19).